The number of hydrogen-bond acceptors (Lipinski definition) is 5. The van der Waals surface area contributed by atoms with E-state index in [1.807, 2.05) is 39.8 Å². The van der Waals surface area contributed by atoms with Gasteiger partial charge in [0, 0.05) is 38.4 Å². The highest BCUT2D eigenvalue weighted by atomic mass is 35.5. The van der Waals surface area contributed by atoms with Crippen LogP contribution < -0.4 is 0 Å². The van der Waals surface area contributed by atoms with E-state index in [0.29, 0.717) is 29.3 Å². The van der Waals surface area contributed by atoms with Crippen LogP contribution in [0.15, 0.2) is 22.9 Å². The van der Waals surface area contributed by atoms with Crippen LogP contribution in [0.1, 0.15) is 85.2 Å². The van der Waals surface area contributed by atoms with Crippen molar-refractivity contribution in [3.8, 4) is 0 Å². The molecule has 0 aromatic carbocycles. The summed E-state index contributed by atoms with van der Waals surface area (Å²) >= 11 is 8.12. The van der Waals surface area contributed by atoms with Crippen LogP contribution in [0.4, 0.5) is 0 Å². The summed E-state index contributed by atoms with van der Waals surface area (Å²) < 4.78 is 12.5. The molecule has 1 aliphatic heterocycles. The van der Waals surface area contributed by atoms with Gasteiger partial charge >= 0.3 is 5.97 Å². The maximum absolute atomic E-state index is 12.5. The molecule has 2 aliphatic carbocycles. The van der Waals surface area contributed by atoms with Gasteiger partial charge in [0.15, 0.2) is 6.10 Å². The number of fused-ring (bicyclic) bond motifs is 2. The van der Waals surface area contributed by atoms with Gasteiger partial charge in [-0.2, -0.15) is 0 Å². The normalized spacial score (nSPS) is 23.4. The summed E-state index contributed by atoms with van der Waals surface area (Å²) in [6.07, 6.45) is 6.66. The zero-order chi connectivity index (χ0) is 22.8. The number of carboxylic acid groups (broad SMARTS) is 1. The summed E-state index contributed by atoms with van der Waals surface area (Å²) in [5.74, 6) is -0.0147. The summed E-state index contributed by atoms with van der Waals surface area (Å²) in [7, 11) is 0. The van der Waals surface area contributed by atoms with Gasteiger partial charge in [0.05, 0.1) is 12.2 Å². The average molecular weight is 474 g/mol. The molecule has 1 unspecified atom stereocenters. The van der Waals surface area contributed by atoms with Crippen LogP contribution in [0.25, 0.3) is 10.2 Å². The van der Waals surface area contributed by atoms with E-state index in [0.717, 1.165) is 40.8 Å². The number of thiophene rings is 1. The molecule has 3 aliphatic rings. The molecule has 3 heterocycles. The molecular weight excluding hydrogens is 446 g/mol. The molecule has 0 amide bonds. The van der Waals surface area contributed by atoms with E-state index < -0.39 is 17.7 Å². The fourth-order valence-electron chi connectivity index (χ4n) is 5.32. The number of aryl methyl sites for hydroxylation is 2. The Labute approximate surface area is 197 Å². The first-order valence-corrected chi connectivity index (χ1v) is 12.4. The van der Waals surface area contributed by atoms with Crippen molar-refractivity contribution in [1.82, 2.24) is 4.98 Å². The maximum atomic E-state index is 12.5. The largest absolute Gasteiger partial charge is 0.497 e. The Hall–Kier alpha value is -1.89. The van der Waals surface area contributed by atoms with E-state index in [1.54, 1.807) is 11.3 Å². The summed E-state index contributed by atoms with van der Waals surface area (Å²) in [5.41, 5.74) is 3.07. The minimum Gasteiger partial charge on any atom is -0.497 e. The minimum absolute atomic E-state index is 0.108. The first-order chi connectivity index (χ1) is 15.1. The predicted molar refractivity (Wildman–Crippen MR) is 127 cm³/mol. The van der Waals surface area contributed by atoms with Crippen molar-refractivity contribution in [3.63, 3.8) is 0 Å². The van der Waals surface area contributed by atoms with Crippen molar-refractivity contribution in [2.45, 2.75) is 76.9 Å². The van der Waals surface area contributed by atoms with Gasteiger partial charge in [-0.15, -0.1) is 11.3 Å². The molecule has 7 heteroatoms. The third kappa shape index (κ3) is 3.66. The number of pyridine rings is 1. The van der Waals surface area contributed by atoms with Crippen LogP contribution in [-0.4, -0.2) is 28.3 Å². The maximum Gasteiger partial charge on any atom is 0.337 e. The molecule has 170 valence electrons. The second-order valence-electron chi connectivity index (χ2n) is 9.92. The first-order valence-electron chi connectivity index (χ1n) is 11.2. The average Bonchev–Trinajstić information content (AvgIpc) is 3.06. The third-order valence-corrected chi connectivity index (χ3v) is 7.94. The van der Waals surface area contributed by atoms with Crippen molar-refractivity contribution in [2.75, 3.05) is 6.61 Å². The predicted octanol–water partition coefficient (Wildman–Crippen LogP) is 6.49. The number of aliphatic carboxylic acids is 1. The van der Waals surface area contributed by atoms with Gasteiger partial charge in [0.25, 0.3) is 0 Å². The minimum atomic E-state index is -1.11. The number of halogens is 1. The van der Waals surface area contributed by atoms with Crippen LogP contribution >= 0.6 is 22.9 Å². The molecule has 0 fully saturated rings. The molecule has 5 nitrogen and oxygen atoms in total. The lowest BCUT2D eigenvalue weighted by molar-refractivity contribution is -0.160. The fourth-order valence-corrected chi connectivity index (χ4v) is 6.88. The van der Waals surface area contributed by atoms with E-state index in [4.69, 9.17) is 26.1 Å². The molecule has 0 spiro atoms. The van der Waals surface area contributed by atoms with Crippen LogP contribution in [0.3, 0.4) is 0 Å². The number of carboxylic acids is 1. The zero-order valence-electron chi connectivity index (χ0n) is 18.8. The number of allylic oxidation sites excluding steroid dienone is 4. The lowest BCUT2D eigenvalue weighted by Crippen LogP contribution is -2.30. The molecular formula is C25H28ClNO4S. The van der Waals surface area contributed by atoms with Crippen molar-refractivity contribution in [3.05, 3.63) is 50.2 Å². The second kappa shape index (κ2) is 7.86. The number of nitrogens with zero attached hydrogens (tertiary/aromatic N) is 1. The first kappa shape index (κ1) is 21.9. The highest BCUT2D eigenvalue weighted by Crippen LogP contribution is 2.52. The van der Waals surface area contributed by atoms with E-state index in [-0.39, 0.29) is 11.8 Å². The highest BCUT2D eigenvalue weighted by molar-refractivity contribution is 7.18. The number of hydrogen-bond donors (Lipinski definition) is 1. The van der Waals surface area contributed by atoms with E-state index in [1.165, 1.54) is 10.4 Å². The smallest absolute Gasteiger partial charge is 0.337 e. The molecule has 1 N–H and O–H groups in total. The van der Waals surface area contributed by atoms with Gasteiger partial charge in [-0.25, -0.2) is 9.78 Å². The number of aromatic nitrogens is 1. The lowest BCUT2D eigenvalue weighted by atomic mass is 9.78. The van der Waals surface area contributed by atoms with Gasteiger partial charge in [-0.05, 0) is 70.6 Å². The van der Waals surface area contributed by atoms with Gasteiger partial charge < -0.3 is 14.6 Å². The van der Waals surface area contributed by atoms with Crippen LogP contribution in [0.2, 0.25) is 0 Å². The number of rotatable bonds is 3. The van der Waals surface area contributed by atoms with Crippen molar-refractivity contribution >= 4 is 39.1 Å². The number of carbonyl (C=O) groups is 1. The summed E-state index contributed by atoms with van der Waals surface area (Å²) in [6.45, 7) is 8.17. The Morgan fingerprint density at radius 3 is 2.88 bits per heavy atom. The van der Waals surface area contributed by atoms with E-state index in [2.05, 4.69) is 0 Å². The molecule has 0 bridgehead atoms. The molecule has 5 rings (SSSR count). The van der Waals surface area contributed by atoms with Gasteiger partial charge in [0.1, 0.15) is 10.6 Å². The third-order valence-electron chi connectivity index (χ3n) is 6.52. The summed E-state index contributed by atoms with van der Waals surface area (Å²) in [6, 6.07) is 0. The molecule has 0 radical (unpaired) electrons. The van der Waals surface area contributed by atoms with Crippen molar-refractivity contribution in [2.24, 2.45) is 0 Å². The second-order valence-corrected chi connectivity index (χ2v) is 11.4. The Morgan fingerprint density at radius 1 is 1.38 bits per heavy atom. The number of ether oxygens (including phenoxy) is 2. The standard InChI is InChI=1S/C25H28ClNO4S/c1-12-18(22(24(28)29)31-25(2,3)4)20-15-9-8-14(26)10-16(15)30-11-13-6-5-7-17-19(13)21(20)23(27-12)32-17/h8,10,13,15,22H,5-7,9,11H2,1-4H3,(H,28,29)/t13?,15-,22+/m1/s1. The fraction of sp³-hybridized carbons (Fsp3) is 0.520. The van der Waals surface area contributed by atoms with Crippen LogP contribution in [-0.2, 0) is 20.7 Å². The monoisotopic (exact) mass is 473 g/mol. The molecule has 32 heavy (non-hydrogen) atoms. The molecule has 0 saturated heterocycles. The van der Waals surface area contributed by atoms with Crippen molar-refractivity contribution < 1.29 is 19.4 Å². The molecule has 0 saturated carbocycles. The molecule has 2 aromatic heterocycles. The SMILES string of the molecule is Cc1nc2sc3c4c2c(c1[C@H](OC(C)(C)C)C(=O)O)[C@@H]1CC=C(Cl)C=C1OCC4CCC3. The lowest BCUT2D eigenvalue weighted by Gasteiger charge is -2.35. The van der Waals surface area contributed by atoms with Crippen molar-refractivity contribution in [1.29, 1.82) is 0 Å². The molecule has 3 atom stereocenters. The Balaban J connectivity index is 1.85. The topological polar surface area (TPSA) is 68.7 Å². The van der Waals surface area contributed by atoms with Crippen LogP contribution in [0.5, 0.6) is 0 Å². The Kier molecular flexibility index (Phi) is 5.38. The summed E-state index contributed by atoms with van der Waals surface area (Å²) in [4.78, 5) is 19.8. The van der Waals surface area contributed by atoms with Gasteiger partial charge in [-0.1, -0.05) is 17.7 Å². The quantitative estimate of drug-likeness (QED) is 0.551. The Bertz CT molecular complexity index is 1170. The van der Waals surface area contributed by atoms with Crippen LogP contribution in [0, 0.1) is 6.92 Å². The van der Waals surface area contributed by atoms with E-state index >= 15 is 0 Å². The molecule has 2 aromatic rings. The van der Waals surface area contributed by atoms with Gasteiger partial charge in [0.2, 0.25) is 0 Å². The zero-order valence-corrected chi connectivity index (χ0v) is 20.4. The Morgan fingerprint density at radius 2 is 2.16 bits per heavy atom. The van der Waals surface area contributed by atoms with E-state index in [9.17, 15) is 9.90 Å². The van der Waals surface area contributed by atoms with Gasteiger partial charge in [-0.3, -0.25) is 0 Å². The highest BCUT2D eigenvalue weighted by Gasteiger charge is 2.40. The summed E-state index contributed by atoms with van der Waals surface area (Å²) in [5, 5.41) is 12.0.